The average molecular weight is 368 g/mol. The zero-order chi connectivity index (χ0) is 18.8. The van der Waals surface area contributed by atoms with Crippen molar-refractivity contribution in [3.8, 4) is 0 Å². The van der Waals surface area contributed by atoms with Gasteiger partial charge >= 0.3 is 0 Å². The zero-order valence-corrected chi connectivity index (χ0v) is 15.9. The Bertz CT molecular complexity index is 1070. The molecule has 2 aromatic carbocycles. The van der Waals surface area contributed by atoms with Gasteiger partial charge < -0.3 is 9.47 Å². The van der Waals surface area contributed by atoms with E-state index < -0.39 is 0 Å². The quantitative estimate of drug-likeness (QED) is 0.516. The number of aromatic nitrogens is 3. The molecule has 2 aromatic heterocycles. The molecule has 28 heavy (non-hydrogen) atoms. The highest BCUT2D eigenvalue weighted by Crippen LogP contribution is 2.29. The molecule has 0 aliphatic carbocycles. The molecule has 4 heteroatoms. The third kappa shape index (κ3) is 3.38. The van der Waals surface area contributed by atoms with Crippen LogP contribution in [0.15, 0.2) is 79.1 Å². The Morgan fingerprint density at radius 3 is 2.71 bits per heavy atom. The van der Waals surface area contributed by atoms with Crippen molar-refractivity contribution >= 4 is 16.7 Å². The largest absolute Gasteiger partial charge is 0.356 e. The van der Waals surface area contributed by atoms with Crippen molar-refractivity contribution < 1.29 is 0 Å². The number of anilines is 1. The van der Waals surface area contributed by atoms with Crippen molar-refractivity contribution in [3.05, 3.63) is 90.5 Å². The molecule has 0 amide bonds. The maximum absolute atomic E-state index is 4.90. The molecule has 1 atom stereocenters. The summed E-state index contributed by atoms with van der Waals surface area (Å²) < 4.78 is 2.30. The number of benzene rings is 2. The molecule has 140 valence electrons. The Morgan fingerprint density at radius 2 is 1.79 bits per heavy atom. The smallest absolute Gasteiger partial charge is 0.129 e. The van der Waals surface area contributed by atoms with Crippen molar-refractivity contribution in [2.24, 2.45) is 0 Å². The van der Waals surface area contributed by atoms with Gasteiger partial charge in [-0.2, -0.15) is 0 Å². The number of imidazole rings is 1. The molecule has 3 heterocycles. The van der Waals surface area contributed by atoms with Crippen molar-refractivity contribution in [1.82, 2.24) is 14.5 Å². The van der Waals surface area contributed by atoms with E-state index in [4.69, 9.17) is 9.97 Å². The molecule has 1 aliphatic heterocycles. The van der Waals surface area contributed by atoms with E-state index in [0.29, 0.717) is 5.92 Å². The highest BCUT2D eigenvalue weighted by molar-refractivity contribution is 5.80. The molecule has 1 saturated heterocycles. The molecule has 0 N–H and O–H groups in total. The lowest BCUT2D eigenvalue weighted by Gasteiger charge is -2.33. The van der Waals surface area contributed by atoms with Crippen LogP contribution >= 0.6 is 0 Å². The molecular weight excluding hydrogens is 344 g/mol. The van der Waals surface area contributed by atoms with Gasteiger partial charge in [-0.25, -0.2) is 9.97 Å². The van der Waals surface area contributed by atoms with Crippen LogP contribution in [0.2, 0.25) is 0 Å². The van der Waals surface area contributed by atoms with Crippen LogP contribution in [0.5, 0.6) is 0 Å². The first-order chi connectivity index (χ1) is 13.9. The molecular formula is C24H24N4. The number of para-hydroxylation sites is 1. The number of piperidine rings is 1. The summed E-state index contributed by atoms with van der Waals surface area (Å²) in [6.07, 6.45) is 6.38. The number of rotatable bonds is 4. The van der Waals surface area contributed by atoms with E-state index in [2.05, 4.69) is 82.4 Å². The summed E-state index contributed by atoms with van der Waals surface area (Å²) in [7, 11) is 0. The molecule has 5 rings (SSSR count). The summed E-state index contributed by atoms with van der Waals surface area (Å²) in [4.78, 5) is 12.1. The van der Waals surface area contributed by atoms with Crippen LogP contribution < -0.4 is 4.90 Å². The van der Waals surface area contributed by atoms with Crippen molar-refractivity contribution in [1.29, 1.82) is 0 Å². The second-order valence-corrected chi connectivity index (χ2v) is 7.55. The van der Waals surface area contributed by atoms with Crippen molar-refractivity contribution in [2.75, 3.05) is 18.0 Å². The molecule has 0 spiro atoms. The highest BCUT2D eigenvalue weighted by Gasteiger charge is 2.25. The van der Waals surface area contributed by atoms with Gasteiger partial charge in [0.1, 0.15) is 11.6 Å². The number of nitrogens with zero attached hydrogens (tertiary/aromatic N) is 4. The van der Waals surface area contributed by atoms with Crippen LogP contribution in [0, 0.1) is 0 Å². The lowest BCUT2D eigenvalue weighted by molar-refractivity contribution is 0.474. The lowest BCUT2D eigenvalue weighted by atomic mass is 9.97. The minimum Gasteiger partial charge on any atom is -0.356 e. The van der Waals surface area contributed by atoms with Crippen LogP contribution in [-0.4, -0.2) is 27.6 Å². The van der Waals surface area contributed by atoms with Gasteiger partial charge in [-0.3, -0.25) is 0 Å². The Balaban J connectivity index is 1.38. The molecule has 0 radical (unpaired) electrons. The lowest BCUT2D eigenvalue weighted by Crippen LogP contribution is -2.36. The van der Waals surface area contributed by atoms with Gasteiger partial charge in [0.25, 0.3) is 0 Å². The van der Waals surface area contributed by atoms with Gasteiger partial charge in [0.15, 0.2) is 0 Å². The summed E-state index contributed by atoms with van der Waals surface area (Å²) >= 11 is 0. The first-order valence-electron chi connectivity index (χ1n) is 10.0. The molecule has 1 fully saturated rings. The summed E-state index contributed by atoms with van der Waals surface area (Å²) in [5.41, 5.74) is 2.37. The van der Waals surface area contributed by atoms with Crippen molar-refractivity contribution in [3.63, 3.8) is 0 Å². The van der Waals surface area contributed by atoms with Gasteiger partial charge in [-0.1, -0.05) is 48.5 Å². The number of fused-ring (bicyclic) bond motifs is 1. The summed E-state index contributed by atoms with van der Waals surface area (Å²) in [5, 5.41) is 1.19. The number of hydrogen-bond acceptors (Lipinski definition) is 3. The normalized spacial score (nSPS) is 17.1. The van der Waals surface area contributed by atoms with E-state index in [9.17, 15) is 0 Å². The molecule has 0 saturated carbocycles. The minimum absolute atomic E-state index is 0.431. The van der Waals surface area contributed by atoms with E-state index >= 15 is 0 Å². The third-order valence-electron chi connectivity index (χ3n) is 5.64. The van der Waals surface area contributed by atoms with Gasteiger partial charge in [-0.15, -0.1) is 0 Å². The Morgan fingerprint density at radius 1 is 0.929 bits per heavy atom. The summed E-state index contributed by atoms with van der Waals surface area (Å²) in [6.45, 7) is 2.90. The topological polar surface area (TPSA) is 34.0 Å². The first-order valence-corrected chi connectivity index (χ1v) is 10.0. The van der Waals surface area contributed by atoms with E-state index in [1.807, 2.05) is 6.20 Å². The van der Waals surface area contributed by atoms with E-state index in [1.165, 1.54) is 23.2 Å². The third-order valence-corrected chi connectivity index (χ3v) is 5.64. The van der Waals surface area contributed by atoms with Crippen LogP contribution in [0.25, 0.3) is 10.9 Å². The van der Waals surface area contributed by atoms with Crippen LogP contribution in [-0.2, 0) is 6.54 Å². The second-order valence-electron chi connectivity index (χ2n) is 7.55. The summed E-state index contributed by atoms with van der Waals surface area (Å²) in [6, 6.07) is 23.3. The van der Waals surface area contributed by atoms with E-state index in [-0.39, 0.29) is 0 Å². The van der Waals surface area contributed by atoms with E-state index in [0.717, 1.165) is 37.4 Å². The number of hydrogen-bond donors (Lipinski definition) is 0. The zero-order valence-electron chi connectivity index (χ0n) is 15.9. The first kappa shape index (κ1) is 17.0. The molecule has 0 bridgehead atoms. The predicted octanol–water partition coefficient (Wildman–Crippen LogP) is 4.86. The Hall–Kier alpha value is -3.14. The molecule has 1 aliphatic rings. The van der Waals surface area contributed by atoms with Crippen molar-refractivity contribution in [2.45, 2.75) is 25.3 Å². The standard InChI is InChI=1S/C24H24N4/c1-2-7-19(8-3-1)17-28-16-14-25-24(28)21-10-6-15-27(18-21)23-13-12-20-9-4-5-11-22(20)26-23/h1-5,7-9,11-14,16,21H,6,10,15,17-18H2/t21-/m0/s1. The second kappa shape index (κ2) is 7.47. The maximum atomic E-state index is 4.90. The summed E-state index contributed by atoms with van der Waals surface area (Å²) in [5.74, 6) is 2.69. The molecule has 0 unspecified atom stereocenters. The SMILES string of the molecule is c1ccc(Cn2ccnc2[C@H]2CCCN(c3ccc4ccccc4n3)C2)cc1. The highest BCUT2D eigenvalue weighted by atomic mass is 15.2. The average Bonchev–Trinajstić information content (AvgIpc) is 3.22. The van der Waals surface area contributed by atoms with E-state index in [1.54, 1.807) is 0 Å². The maximum Gasteiger partial charge on any atom is 0.129 e. The molecule has 4 nitrogen and oxygen atoms in total. The van der Waals surface area contributed by atoms with Gasteiger partial charge in [0.2, 0.25) is 0 Å². The molecule has 4 aromatic rings. The number of pyridine rings is 1. The minimum atomic E-state index is 0.431. The van der Waals surface area contributed by atoms with Gasteiger partial charge in [0, 0.05) is 43.3 Å². The van der Waals surface area contributed by atoms with Gasteiger partial charge in [0.05, 0.1) is 5.52 Å². The fourth-order valence-corrected chi connectivity index (χ4v) is 4.22. The van der Waals surface area contributed by atoms with Crippen LogP contribution in [0.4, 0.5) is 5.82 Å². The fourth-order valence-electron chi connectivity index (χ4n) is 4.22. The Labute approximate surface area is 165 Å². The van der Waals surface area contributed by atoms with Crippen LogP contribution in [0.1, 0.15) is 30.1 Å². The monoisotopic (exact) mass is 368 g/mol. The Kier molecular flexibility index (Phi) is 4.53. The van der Waals surface area contributed by atoms with Gasteiger partial charge in [-0.05, 0) is 36.6 Å². The van der Waals surface area contributed by atoms with Crippen LogP contribution in [0.3, 0.4) is 0 Å². The fraction of sp³-hybridized carbons (Fsp3) is 0.250. The predicted molar refractivity (Wildman–Crippen MR) is 114 cm³/mol.